The molecule has 0 unspecified atom stereocenters. The van der Waals surface area contributed by atoms with Crippen LogP contribution in [-0.2, 0) is 5.41 Å². The summed E-state index contributed by atoms with van der Waals surface area (Å²) in [7, 11) is 0. The third-order valence-corrected chi connectivity index (χ3v) is 12.2. The van der Waals surface area contributed by atoms with Crippen LogP contribution in [0.2, 0.25) is 0 Å². The minimum atomic E-state index is -2.43. The molecule has 0 radical (unpaired) electrons. The number of benzene rings is 8. The Morgan fingerprint density at radius 3 is 1.86 bits per heavy atom. The maximum atomic E-state index is 9.35. The molecule has 5 heteroatoms. The van der Waals surface area contributed by atoms with E-state index in [1.165, 1.54) is 0 Å². The van der Waals surface area contributed by atoms with E-state index in [0.717, 1.165) is 72.2 Å². The number of aromatic nitrogens is 2. The first-order valence-corrected chi connectivity index (χ1v) is 21.6. The summed E-state index contributed by atoms with van der Waals surface area (Å²) < 4.78 is 62.2. The number of hydrogen-bond donors (Lipinski definition) is 0. The Bertz CT molecular complexity index is 3570. The number of para-hydroxylation sites is 3. The molecule has 10 aromatic rings. The minimum absolute atomic E-state index is 0.0889. The standard InChI is InChI=1S/C59H48N4O/c1-40-34-57(60-38-52(40)43-22-12-7-13-23-43)63-53-33-30-44(59(2,3)4)35-51(53)50-32-31-47(37-56(50)63)64-46-25-16-24-45(36-46)61-39-62(55-29-15-14-28-54(55)61)58-48(41-18-8-5-9-19-41)26-17-27-49(58)42-20-10-6-11-21-42/h5-38H,39H2,1-4H3/i1D3,16D,24D,25D. The van der Waals surface area contributed by atoms with Gasteiger partial charge in [0.15, 0.2) is 0 Å². The average Bonchev–Trinajstić information content (AvgIpc) is 3.91. The quantitative estimate of drug-likeness (QED) is 0.153. The number of ether oxygens (including phenoxy) is 1. The van der Waals surface area contributed by atoms with Crippen LogP contribution in [0.25, 0.3) is 61.0 Å². The zero-order valence-corrected chi connectivity index (χ0v) is 35.8. The summed E-state index contributed by atoms with van der Waals surface area (Å²) in [5.74, 6) is 0.950. The lowest BCUT2D eigenvalue weighted by Crippen LogP contribution is -2.24. The summed E-state index contributed by atoms with van der Waals surface area (Å²) in [5, 5.41) is 1.88. The lowest BCUT2D eigenvalue weighted by molar-refractivity contribution is 0.483. The molecule has 0 bridgehead atoms. The summed E-state index contributed by atoms with van der Waals surface area (Å²) >= 11 is 0. The summed E-state index contributed by atoms with van der Waals surface area (Å²) in [5.41, 5.74) is 11.5. The van der Waals surface area contributed by atoms with Crippen molar-refractivity contribution in [1.82, 2.24) is 9.55 Å². The number of pyridine rings is 1. The smallest absolute Gasteiger partial charge is 0.137 e. The minimum Gasteiger partial charge on any atom is -0.457 e. The molecule has 11 rings (SSSR count). The predicted molar refractivity (Wildman–Crippen MR) is 267 cm³/mol. The van der Waals surface area contributed by atoms with Gasteiger partial charge in [-0.05, 0) is 94.6 Å². The molecule has 0 amide bonds. The summed E-state index contributed by atoms with van der Waals surface area (Å²) in [6.07, 6.45) is 1.64. The van der Waals surface area contributed by atoms with Crippen molar-refractivity contribution in [1.29, 1.82) is 0 Å². The van der Waals surface area contributed by atoms with Crippen molar-refractivity contribution in [3.63, 3.8) is 0 Å². The Kier molecular flexibility index (Phi) is 8.08. The molecule has 0 spiro atoms. The van der Waals surface area contributed by atoms with E-state index >= 15 is 0 Å². The highest BCUT2D eigenvalue weighted by Crippen LogP contribution is 2.50. The molecular weight excluding hydrogens is 781 g/mol. The molecule has 0 atom stereocenters. The molecule has 0 saturated heterocycles. The van der Waals surface area contributed by atoms with Crippen molar-refractivity contribution >= 4 is 44.6 Å². The first-order valence-electron chi connectivity index (χ1n) is 24.6. The molecule has 1 aliphatic rings. The maximum absolute atomic E-state index is 9.35. The monoisotopic (exact) mass is 834 g/mol. The van der Waals surface area contributed by atoms with Crippen LogP contribution < -0.4 is 14.5 Å². The third kappa shape index (κ3) is 6.96. The average molecular weight is 835 g/mol. The molecular formula is C59H48N4O. The Morgan fingerprint density at radius 2 is 1.20 bits per heavy atom. The van der Waals surface area contributed by atoms with Crippen LogP contribution in [0.5, 0.6) is 11.5 Å². The highest BCUT2D eigenvalue weighted by Gasteiger charge is 2.31. The summed E-state index contributed by atoms with van der Waals surface area (Å²) in [6.45, 7) is 4.40. The van der Waals surface area contributed by atoms with Crippen LogP contribution in [0, 0.1) is 6.85 Å². The largest absolute Gasteiger partial charge is 0.457 e. The molecule has 3 heterocycles. The molecule has 8 aromatic carbocycles. The van der Waals surface area contributed by atoms with Crippen molar-refractivity contribution in [2.75, 3.05) is 16.5 Å². The van der Waals surface area contributed by atoms with Crippen LogP contribution in [-0.4, -0.2) is 16.2 Å². The number of anilines is 4. The van der Waals surface area contributed by atoms with Crippen LogP contribution in [0.4, 0.5) is 22.7 Å². The van der Waals surface area contributed by atoms with Crippen LogP contribution in [0.15, 0.2) is 206 Å². The fraction of sp³-hybridized carbons (Fsp3) is 0.102. The fourth-order valence-corrected chi connectivity index (χ4v) is 9.02. The highest BCUT2D eigenvalue weighted by molar-refractivity contribution is 6.10. The van der Waals surface area contributed by atoms with Crippen LogP contribution in [0.1, 0.15) is 40.1 Å². The molecule has 0 saturated carbocycles. The fourth-order valence-electron chi connectivity index (χ4n) is 9.02. The number of aryl methyl sites for hydroxylation is 1. The molecule has 2 aromatic heterocycles. The first kappa shape index (κ1) is 32.8. The van der Waals surface area contributed by atoms with Gasteiger partial charge in [0.1, 0.15) is 24.0 Å². The van der Waals surface area contributed by atoms with Crippen molar-refractivity contribution < 1.29 is 13.0 Å². The van der Waals surface area contributed by atoms with Crippen molar-refractivity contribution in [2.45, 2.75) is 33.0 Å². The zero-order chi connectivity index (χ0) is 48.5. The highest BCUT2D eigenvalue weighted by atomic mass is 16.5. The Labute approximate surface area is 383 Å². The van der Waals surface area contributed by atoms with Gasteiger partial charge in [0, 0.05) is 55.6 Å². The number of hydrogen-bond acceptors (Lipinski definition) is 4. The second-order valence-corrected chi connectivity index (χ2v) is 17.2. The van der Waals surface area contributed by atoms with E-state index in [1.54, 1.807) is 18.3 Å². The molecule has 0 fully saturated rings. The molecule has 5 nitrogen and oxygen atoms in total. The van der Waals surface area contributed by atoms with E-state index in [1.807, 2.05) is 113 Å². The van der Waals surface area contributed by atoms with Gasteiger partial charge in [-0.25, -0.2) is 4.98 Å². The normalized spacial score (nSPS) is 14.1. The molecule has 0 aliphatic carbocycles. The molecule has 64 heavy (non-hydrogen) atoms. The molecule has 1 aliphatic heterocycles. The zero-order valence-electron chi connectivity index (χ0n) is 41.8. The molecule has 310 valence electrons. The topological polar surface area (TPSA) is 33.5 Å². The Morgan fingerprint density at radius 1 is 0.562 bits per heavy atom. The third-order valence-electron chi connectivity index (χ3n) is 12.2. The van der Waals surface area contributed by atoms with Gasteiger partial charge in [0.2, 0.25) is 0 Å². The van der Waals surface area contributed by atoms with Crippen LogP contribution >= 0.6 is 0 Å². The second kappa shape index (κ2) is 15.8. The SMILES string of the molecule is [2H]c1c(Oc2ccc3c4cc(C(C)(C)C)ccc4n(-c4cc(C([2H])([2H])[2H])c(-c5ccccc5)cn4)c3c2)cc(N2CN(c3c(-c4ccccc4)cccc3-c3ccccc3)c3ccccc32)c([2H])c1[2H]. The van der Waals surface area contributed by atoms with Gasteiger partial charge < -0.3 is 14.5 Å². The number of nitrogens with zero attached hydrogens (tertiary/aromatic N) is 4. The Balaban J connectivity index is 1.03. The van der Waals surface area contributed by atoms with E-state index in [0.29, 0.717) is 29.5 Å². The van der Waals surface area contributed by atoms with Gasteiger partial charge in [-0.1, -0.05) is 154 Å². The summed E-state index contributed by atoms with van der Waals surface area (Å²) in [4.78, 5) is 9.23. The summed E-state index contributed by atoms with van der Waals surface area (Å²) in [6, 6.07) is 59.4. The molecule has 0 N–H and O–H groups in total. The maximum Gasteiger partial charge on any atom is 0.137 e. The van der Waals surface area contributed by atoms with E-state index < -0.39 is 6.85 Å². The number of fused-ring (bicyclic) bond motifs is 4. The predicted octanol–water partition coefficient (Wildman–Crippen LogP) is 15.8. The second-order valence-electron chi connectivity index (χ2n) is 17.2. The number of rotatable bonds is 8. The van der Waals surface area contributed by atoms with Gasteiger partial charge in [0.05, 0.1) is 32.2 Å². The van der Waals surface area contributed by atoms with Gasteiger partial charge in [0.25, 0.3) is 0 Å². The van der Waals surface area contributed by atoms with Crippen molar-refractivity contribution in [2.24, 2.45) is 0 Å². The first-order chi connectivity index (χ1) is 33.7. The van der Waals surface area contributed by atoms with E-state index in [9.17, 15) is 2.74 Å². The lowest BCUT2D eigenvalue weighted by atomic mass is 9.86. The van der Waals surface area contributed by atoms with E-state index in [4.69, 9.17) is 15.2 Å². The Hall–Kier alpha value is -7.89. The van der Waals surface area contributed by atoms with Gasteiger partial charge in [-0.15, -0.1) is 0 Å². The van der Waals surface area contributed by atoms with Gasteiger partial charge in [-0.2, -0.15) is 0 Å². The van der Waals surface area contributed by atoms with E-state index in [-0.39, 0.29) is 34.9 Å². The van der Waals surface area contributed by atoms with Crippen molar-refractivity contribution in [3.8, 4) is 50.7 Å². The van der Waals surface area contributed by atoms with E-state index in [2.05, 4.69) is 92.4 Å². The van der Waals surface area contributed by atoms with Gasteiger partial charge in [-0.3, -0.25) is 4.57 Å². The van der Waals surface area contributed by atoms with Crippen LogP contribution in [0.3, 0.4) is 0 Å². The van der Waals surface area contributed by atoms with Crippen molar-refractivity contribution in [3.05, 3.63) is 217 Å². The van der Waals surface area contributed by atoms with Gasteiger partial charge >= 0.3 is 0 Å². The lowest BCUT2D eigenvalue weighted by Gasteiger charge is -2.27.